The number of sulfonamides is 1. The topological polar surface area (TPSA) is 126 Å². The predicted molar refractivity (Wildman–Crippen MR) is 104 cm³/mol. The number of hydrogen-bond acceptors (Lipinski definition) is 7. The van der Waals surface area contributed by atoms with Crippen LogP contribution in [0.1, 0.15) is 15.9 Å². The maximum atomic E-state index is 12.5. The van der Waals surface area contributed by atoms with Crippen molar-refractivity contribution in [1.29, 1.82) is 0 Å². The highest BCUT2D eigenvalue weighted by molar-refractivity contribution is 9.10. The lowest BCUT2D eigenvalue weighted by Gasteiger charge is -2.11. The second-order valence-corrected chi connectivity index (χ2v) is 8.19. The first-order valence-electron chi connectivity index (χ1n) is 7.79. The van der Waals surface area contributed by atoms with E-state index in [1.165, 1.54) is 25.3 Å². The van der Waals surface area contributed by atoms with Crippen LogP contribution in [0.3, 0.4) is 0 Å². The molecule has 10 heteroatoms. The fraction of sp³-hybridized carbons (Fsp3) is 0.111. The SMILES string of the molecule is COc1ccc(S(N)(=O)=O)cc1C(=O)OCc1cc(=O)oc2cc(Br)ccc12. The Kier molecular flexibility index (Phi) is 5.54. The summed E-state index contributed by atoms with van der Waals surface area (Å²) in [5.74, 6) is -0.709. The molecule has 2 N–H and O–H groups in total. The van der Waals surface area contributed by atoms with Crippen LogP contribution < -0.4 is 15.5 Å². The maximum Gasteiger partial charge on any atom is 0.342 e. The Bertz CT molecular complexity index is 1230. The van der Waals surface area contributed by atoms with E-state index < -0.39 is 21.6 Å². The molecule has 0 bridgehead atoms. The number of carbonyl (C=O) groups excluding carboxylic acids is 1. The number of nitrogens with two attached hydrogens (primary N) is 1. The molecule has 0 atom stereocenters. The quantitative estimate of drug-likeness (QED) is 0.451. The number of carbonyl (C=O) groups is 1. The molecule has 2 aromatic carbocycles. The molecule has 0 unspecified atom stereocenters. The van der Waals surface area contributed by atoms with Gasteiger partial charge in [-0.1, -0.05) is 15.9 Å². The fourth-order valence-electron chi connectivity index (χ4n) is 2.57. The second kappa shape index (κ2) is 7.74. The zero-order valence-electron chi connectivity index (χ0n) is 14.5. The summed E-state index contributed by atoms with van der Waals surface area (Å²) < 4.78 is 39.3. The van der Waals surface area contributed by atoms with Crippen LogP contribution in [-0.2, 0) is 21.4 Å². The van der Waals surface area contributed by atoms with E-state index in [-0.39, 0.29) is 22.8 Å². The van der Waals surface area contributed by atoms with Gasteiger partial charge in [0.15, 0.2) is 0 Å². The fourth-order valence-corrected chi connectivity index (χ4v) is 3.45. The van der Waals surface area contributed by atoms with Crippen molar-refractivity contribution in [1.82, 2.24) is 0 Å². The maximum absolute atomic E-state index is 12.5. The van der Waals surface area contributed by atoms with Gasteiger partial charge in [0, 0.05) is 21.5 Å². The number of ether oxygens (including phenoxy) is 2. The molecule has 28 heavy (non-hydrogen) atoms. The zero-order chi connectivity index (χ0) is 20.5. The van der Waals surface area contributed by atoms with Crippen molar-refractivity contribution in [3.05, 3.63) is 68.5 Å². The molecule has 0 spiro atoms. The van der Waals surface area contributed by atoms with E-state index in [9.17, 15) is 18.0 Å². The van der Waals surface area contributed by atoms with E-state index in [0.717, 1.165) is 10.5 Å². The van der Waals surface area contributed by atoms with Gasteiger partial charge in [-0.15, -0.1) is 0 Å². The molecule has 0 amide bonds. The first-order valence-corrected chi connectivity index (χ1v) is 10.1. The van der Waals surface area contributed by atoms with Gasteiger partial charge in [0.2, 0.25) is 10.0 Å². The minimum Gasteiger partial charge on any atom is -0.496 e. The van der Waals surface area contributed by atoms with E-state index in [1.807, 2.05) is 0 Å². The van der Waals surface area contributed by atoms with Gasteiger partial charge >= 0.3 is 11.6 Å². The normalized spacial score (nSPS) is 11.4. The van der Waals surface area contributed by atoms with Crippen LogP contribution >= 0.6 is 15.9 Å². The van der Waals surface area contributed by atoms with Crippen molar-refractivity contribution in [2.45, 2.75) is 11.5 Å². The van der Waals surface area contributed by atoms with E-state index >= 15 is 0 Å². The van der Waals surface area contributed by atoms with Gasteiger partial charge in [-0.3, -0.25) is 0 Å². The Labute approximate surface area is 168 Å². The number of methoxy groups -OCH3 is 1. The number of fused-ring (bicyclic) bond motifs is 1. The van der Waals surface area contributed by atoms with E-state index in [2.05, 4.69) is 15.9 Å². The van der Waals surface area contributed by atoms with Crippen molar-refractivity contribution in [3.63, 3.8) is 0 Å². The minimum absolute atomic E-state index is 0.107. The summed E-state index contributed by atoms with van der Waals surface area (Å²) in [6, 6.07) is 9.92. The highest BCUT2D eigenvalue weighted by atomic mass is 79.9. The third kappa shape index (κ3) is 4.24. The van der Waals surface area contributed by atoms with Gasteiger partial charge in [-0.2, -0.15) is 0 Å². The van der Waals surface area contributed by atoms with Crippen LogP contribution in [0.15, 0.2) is 61.0 Å². The molecule has 3 aromatic rings. The molecular formula is C18H14BrNO7S. The first kappa shape index (κ1) is 20.1. The molecular weight excluding hydrogens is 454 g/mol. The highest BCUT2D eigenvalue weighted by Crippen LogP contribution is 2.25. The lowest BCUT2D eigenvalue weighted by molar-refractivity contribution is 0.0470. The lowest BCUT2D eigenvalue weighted by atomic mass is 10.1. The smallest absolute Gasteiger partial charge is 0.342 e. The number of esters is 1. The Morgan fingerprint density at radius 1 is 1.18 bits per heavy atom. The summed E-state index contributed by atoms with van der Waals surface area (Å²) in [4.78, 5) is 24.0. The largest absolute Gasteiger partial charge is 0.496 e. The van der Waals surface area contributed by atoms with Crippen molar-refractivity contribution >= 4 is 42.9 Å². The molecule has 0 aliphatic rings. The van der Waals surface area contributed by atoms with Crippen molar-refractivity contribution in [2.75, 3.05) is 7.11 Å². The van der Waals surface area contributed by atoms with Crippen LogP contribution in [0.4, 0.5) is 0 Å². The first-order chi connectivity index (χ1) is 13.2. The average Bonchev–Trinajstić information content (AvgIpc) is 2.64. The Morgan fingerprint density at radius 2 is 1.93 bits per heavy atom. The van der Waals surface area contributed by atoms with Gasteiger partial charge in [-0.25, -0.2) is 23.1 Å². The number of hydrogen-bond donors (Lipinski definition) is 1. The minimum atomic E-state index is -4.01. The molecule has 1 aromatic heterocycles. The lowest BCUT2D eigenvalue weighted by Crippen LogP contribution is -2.14. The third-order valence-electron chi connectivity index (χ3n) is 3.87. The van der Waals surface area contributed by atoms with Crippen molar-refractivity contribution in [2.24, 2.45) is 5.14 Å². The number of benzene rings is 2. The van der Waals surface area contributed by atoms with Crippen LogP contribution in [0.2, 0.25) is 0 Å². The Hall–Kier alpha value is -2.69. The van der Waals surface area contributed by atoms with Crippen molar-refractivity contribution < 1.29 is 27.1 Å². The average molecular weight is 468 g/mol. The number of halogens is 1. The van der Waals surface area contributed by atoms with Crippen molar-refractivity contribution in [3.8, 4) is 5.75 Å². The molecule has 1 heterocycles. The van der Waals surface area contributed by atoms with Gasteiger partial charge < -0.3 is 13.9 Å². The van der Waals surface area contributed by atoms with Gasteiger partial charge in [0.25, 0.3) is 0 Å². The summed E-state index contributed by atoms with van der Waals surface area (Å²) in [7, 11) is -2.68. The Balaban J connectivity index is 1.93. The molecule has 146 valence electrons. The summed E-state index contributed by atoms with van der Waals surface area (Å²) >= 11 is 3.29. The third-order valence-corrected chi connectivity index (χ3v) is 5.27. The molecule has 0 saturated carbocycles. The van der Waals surface area contributed by atoms with E-state index in [0.29, 0.717) is 16.5 Å². The molecule has 3 rings (SSSR count). The monoisotopic (exact) mass is 467 g/mol. The van der Waals surface area contributed by atoms with E-state index in [4.69, 9.17) is 19.0 Å². The number of primary sulfonamides is 1. The molecule has 0 saturated heterocycles. The van der Waals surface area contributed by atoms with Crippen LogP contribution in [-0.4, -0.2) is 21.5 Å². The van der Waals surface area contributed by atoms with Crippen LogP contribution in [0, 0.1) is 0 Å². The predicted octanol–water partition coefficient (Wildman–Crippen LogP) is 2.57. The molecule has 0 radical (unpaired) electrons. The zero-order valence-corrected chi connectivity index (χ0v) is 16.9. The van der Waals surface area contributed by atoms with Gasteiger partial charge in [-0.05, 0) is 36.4 Å². The number of rotatable bonds is 5. The van der Waals surface area contributed by atoms with Gasteiger partial charge in [0.05, 0.1) is 12.0 Å². The second-order valence-electron chi connectivity index (χ2n) is 5.71. The highest BCUT2D eigenvalue weighted by Gasteiger charge is 2.19. The summed E-state index contributed by atoms with van der Waals surface area (Å²) in [5, 5.41) is 5.70. The standard InChI is InChI=1S/C18H14BrNO7S/c1-25-15-5-3-12(28(20,23)24)8-14(15)18(22)26-9-10-6-17(21)27-16-7-11(19)2-4-13(10)16/h2-8H,9H2,1H3,(H2,20,23,24). The molecule has 0 fully saturated rings. The van der Waals surface area contributed by atoms with Crippen LogP contribution in [0.25, 0.3) is 11.0 Å². The molecule has 8 nitrogen and oxygen atoms in total. The Morgan fingerprint density at radius 3 is 2.61 bits per heavy atom. The molecule has 0 aliphatic carbocycles. The summed E-state index contributed by atoms with van der Waals surface area (Å²) in [6.45, 7) is -0.231. The summed E-state index contributed by atoms with van der Waals surface area (Å²) in [5.41, 5.74) is 0.0740. The van der Waals surface area contributed by atoms with Crippen LogP contribution in [0.5, 0.6) is 5.75 Å². The van der Waals surface area contributed by atoms with E-state index in [1.54, 1.807) is 18.2 Å². The summed E-state index contributed by atoms with van der Waals surface area (Å²) in [6.07, 6.45) is 0. The molecule has 0 aliphatic heterocycles. The van der Waals surface area contributed by atoms with Gasteiger partial charge in [0.1, 0.15) is 23.5 Å².